The van der Waals surface area contributed by atoms with Gasteiger partial charge in [0.25, 0.3) is 0 Å². The number of rotatable bonds is 1. The SMILES string of the molecule is NC1=C(C2=CCCCC2)CCCC1. The van der Waals surface area contributed by atoms with E-state index in [1.165, 1.54) is 56.2 Å². The van der Waals surface area contributed by atoms with E-state index in [0.717, 1.165) is 6.42 Å². The molecule has 13 heavy (non-hydrogen) atoms. The molecule has 1 nitrogen and oxygen atoms in total. The predicted octanol–water partition coefficient (Wildman–Crippen LogP) is 3.27. The van der Waals surface area contributed by atoms with Crippen molar-refractivity contribution in [2.45, 2.75) is 51.4 Å². The Bertz CT molecular complexity index is 248. The molecule has 0 spiro atoms. The van der Waals surface area contributed by atoms with Crippen molar-refractivity contribution < 1.29 is 0 Å². The molecule has 0 aromatic rings. The second-order valence-corrected chi connectivity index (χ2v) is 4.19. The summed E-state index contributed by atoms with van der Waals surface area (Å²) in [6.07, 6.45) is 12.7. The van der Waals surface area contributed by atoms with Gasteiger partial charge in [0.15, 0.2) is 0 Å². The van der Waals surface area contributed by atoms with Crippen LogP contribution >= 0.6 is 0 Å². The molecule has 0 saturated heterocycles. The van der Waals surface area contributed by atoms with Crippen molar-refractivity contribution in [2.24, 2.45) is 5.73 Å². The van der Waals surface area contributed by atoms with Gasteiger partial charge in [0.2, 0.25) is 0 Å². The standard InChI is InChI=1S/C12H19N/c13-12-9-5-4-8-11(12)10-6-2-1-3-7-10/h6H,1-5,7-9,13H2. The van der Waals surface area contributed by atoms with Crippen LogP contribution in [0.25, 0.3) is 0 Å². The van der Waals surface area contributed by atoms with E-state index >= 15 is 0 Å². The summed E-state index contributed by atoms with van der Waals surface area (Å²) in [5, 5.41) is 0. The van der Waals surface area contributed by atoms with Gasteiger partial charge in [-0.3, -0.25) is 0 Å². The van der Waals surface area contributed by atoms with Gasteiger partial charge in [0.1, 0.15) is 0 Å². The number of hydrogen-bond acceptors (Lipinski definition) is 1. The summed E-state index contributed by atoms with van der Waals surface area (Å²) in [5.41, 5.74) is 10.3. The van der Waals surface area contributed by atoms with Crippen molar-refractivity contribution in [3.63, 3.8) is 0 Å². The van der Waals surface area contributed by atoms with Crippen molar-refractivity contribution in [1.82, 2.24) is 0 Å². The first kappa shape index (κ1) is 8.86. The molecule has 0 atom stereocenters. The maximum Gasteiger partial charge on any atom is 0.0116 e. The maximum atomic E-state index is 6.05. The van der Waals surface area contributed by atoms with Gasteiger partial charge in [-0.05, 0) is 62.5 Å². The van der Waals surface area contributed by atoms with Crippen LogP contribution in [0.2, 0.25) is 0 Å². The molecule has 0 saturated carbocycles. The molecule has 1 heteroatoms. The van der Waals surface area contributed by atoms with Crippen molar-refractivity contribution in [3.05, 3.63) is 22.9 Å². The molecule has 0 radical (unpaired) electrons. The average Bonchev–Trinajstić information content (AvgIpc) is 2.20. The van der Waals surface area contributed by atoms with Gasteiger partial charge in [0, 0.05) is 5.70 Å². The Hall–Kier alpha value is -0.720. The van der Waals surface area contributed by atoms with Crippen molar-refractivity contribution in [3.8, 4) is 0 Å². The van der Waals surface area contributed by atoms with Crippen LogP contribution in [0.4, 0.5) is 0 Å². The molecule has 2 rings (SSSR count). The van der Waals surface area contributed by atoms with E-state index in [4.69, 9.17) is 5.73 Å². The van der Waals surface area contributed by atoms with E-state index in [0.29, 0.717) is 0 Å². The van der Waals surface area contributed by atoms with Crippen LogP contribution < -0.4 is 5.73 Å². The molecule has 0 fully saturated rings. The highest BCUT2D eigenvalue weighted by molar-refractivity contribution is 5.36. The van der Waals surface area contributed by atoms with Crippen LogP contribution in [0.3, 0.4) is 0 Å². The van der Waals surface area contributed by atoms with E-state index in [1.54, 1.807) is 5.57 Å². The lowest BCUT2D eigenvalue weighted by Gasteiger charge is -2.22. The van der Waals surface area contributed by atoms with Gasteiger partial charge in [-0.15, -0.1) is 0 Å². The molecule has 2 aliphatic carbocycles. The first-order chi connectivity index (χ1) is 6.38. The Morgan fingerprint density at radius 2 is 1.69 bits per heavy atom. The van der Waals surface area contributed by atoms with Gasteiger partial charge >= 0.3 is 0 Å². The zero-order valence-electron chi connectivity index (χ0n) is 8.31. The summed E-state index contributed by atoms with van der Waals surface area (Å²) in [5.74, 6) is 0. The van der Waals surface area contributed by atoms with E-state index in [-0.39, 0.29) is 0 Å². The van der Waals surface area contributed by atoms with Gasteiger partial charge in [-0.1, -0.05) is 6.08 Å². The summed E-state index contributed by atoms with van der Waals surface area (Å²) < 4.78 is 0. The first-order valence-electron chi connectivity index (χ1n) is 5.55. The van der Waals surface area contributed by atoms with E-state index < -0.39 is 0 Å². The third-order valence-electron chi connectivity index (χ3n) is 3.19. The zero-order chi connectivity index (χ0) is 9.10. The second-order valence-electron chi connectivity index (χ2n) is 4.19. The Morgan fingerprint density at radius 3 is 2.38 bits per heavy atom. The number of nitrogens with two attached hydrogens (primary N) is 1. The fourth-order valence-corrected chi connectivity index (χ4v) is 2.41. The lowest BCUT2D eigenvalue weighted by molar-refractivity contribution is 0.642. The van der Waals surface area contributed by atoms with Crippen molar-refractivity contribution in [2.75, 3.05) is 0 Å². The molecule has 0 aromatic heterocycles. The molecule has 0 aromatic carbocycles. The van der Waals surface area contributed by atoms with E-state index in [9.17, 15) is 0 Å². The Labute approximate surface area is 80.7 Å². The second kappa shape index (κ2) is 3.99. The van der Waals surface area contributed by atoms with Gasteiger partial charge in [-0.25, -0.2) is 0 Å². The lowest BCUT2D eigenvalue weighted by Crippen LogP contribution is -2.10. The van der Waals surface area contributed by atoms with Gasteiger partial charge in [-0.2, -0.15) is 0 Å². The molecule has 2 aliphatic rings. The Kier molecular flexibility index (Phi) is 2.72. The molecule has 0 bridgehead atoms. The largest absolute Gasteiger partial charge is 0.402 e. The van der Waals surface area contributed by atoms with Gasteiger partial charge < -0.3 is 5.73 Å². The van der Waals surface area contributed by atoms with Crippen LogP contribution in [0.5, 0.6) is 0 Å². The van der Waals surface area contributed by atoms with Crippen LogP contribution in [-0.4, -0.2) is 0 Å². The maximum absolute atomic E-state index is 6.05. The highest BCUT2D eigenvalue weighted by Gasteiger charge is 2.15. The molecule has 0 aliphatic heterocycles. The van der Waals surface area contributed by atoms with Crippen LogP contribution in [0.15, 0.2) is 22.9 Å². The summed E-state index contributed by atoms with van der Waals surface area (Å²) in [7, 11) is 0. The zero-order valence-corrected chi connectivity index (χ0v) is 8.31. The van der Waals surface area contributed by atoms with Crippen LogP contribution in [0.1, 0.15) is 51.4 Å². The predicted molar refractivity (Wildman–Crippen MR) is 56.2 cm³/mol. The fraction of sp³-hybridized carbons (Fsp3) is 0.667. The highest BCUT2D eigenvalue weighted by atomic mass is 14.6. The molecular weight excluding hydrogens is 158 g/mol. The summed E-state index contributed by atoms with van der Waals surface area (Å²) in [4.78, 5) is 0. The first-order valence-corrected chi connectivity index (χ1v) is 5.55. The Morgan fingerprint density at radius 1 is 0.923 bits per heavy atom. The molecular formula is C12H19N. The quantitative estimate of drug-likeness (QED) is 0.653. The smallest absolute Gasteiger partial charge is 0.0116 e. The summed E-state index contributed by atoms with van der Waals surface area (Å²) in [6, 6.07) is 0. The third kappa shape index (κ3) is 1.96. The van der Waals surface area contributed by atoms with Crippen molar-refractivity contribution in [1.29, 1.82) is 0 Å². The van der Waals surface area contributed by atoms with Crippen LogP contribution in [0, 0.1) is 0 Å². The molecule has 0 amide bonds. The monoisotopic (exact) mass is 177 g/mol. The minimum Gasteiger partial charge on any atom is -0.402 e. The lowest BCUT2D eigenvalue weighted by atomic mass is 9.86. The minimum absolute atomic E-state index is 1.13. The molecule has 2 N–H and O–H groups in total. The minimum atomic E-state index is 1.13. The number of allylic oxidation sites excluding steroid dienone is 4. The summed E-state index contributed by atoms with van der Waals surface area (Å²) in [6.45, 7) is 0. The van der Waals surface area contributed by atoms with Crippen LogP contribution in [-0.2, 0) is 0 Å². The molecule has 0 heterocycles. The third-order valence-corrected chi connectivity index (χ3v) is 3.19. The highest BCUT2D eigenvalue weighted by Crippen LogP contribution is 2.32. The summed E-state index contributed by atoms with van der Waals surface area (Å²) >= 11 is 0. The average molecular weight is 177 g/mol. The van der Waals surface area contributed by atoms with Crippen molar-refractivity contribution >= 4 is 0 Å². The van der Waals surface area contributed by atoms with E-state index in [1.807, 2.05) is 0 Å². The molecule has 72 valence electrons. The Balaban J connectivity index is 2.17. The fourth-order valence-electron chi connectivity index (χ4n) is 2.41. The van der Waals surface area contributed by atoms with E-state index in [2.05, 4.69) is 6.08 Å². The topological polar surface area (TPSA) is 26.0 Å². The normalized spacial score (nSPS) is 24.5. The number of hydrogen-bond donors (Lipinski definition) is 1. The van der Waals surface area contributed by atoms with Gasteiger partial charge in [0.05, 0.1) is 0 Å². The molecule has 0 unspecified atom stereocenters.